The molecule has 0 aliphatic carbocycles. The lowest BCUT2D eigenvalue weighted by atomic mass is 10.2. The Kier molecular flexibility index (Phi) is 3.01. The van der Waals surface area contributed by atoms with Gasteiger partial charge in [0.15, 0.2) is 0 Å². The molecular weight excluding hydrogens is 263 g/mol. The van der Waals surface area contributed by atoms with Gasteiger partial charge in [-0.3, -0.25) is 0 Å². The summed E-state index contributed by atoms with van der Waals surface area (Å²) in [5.74, 6) is -0.364. The molecule has 0 atom stereocenters. The van der Waals surface area contributed by atoms with Gasteiger partial charge in [0.05, 0.1) is 16.1 Å². The zero-order valence-corrected chi connectivity index (χ0v) is 8.19. The summed E-state index contributed by atoms with van der Waals surface area (Å²) < 4.78 is 39.2. The molecule has 0 heterocycles. The average molecular weight is 266 g/mol. The van der Waals surface area contributed by atoms with Crippen molar-refractivity contribution in [2.24, 2.45) is 0 Å². The monoisotopic (exact) mass is 265 g/mol. The fourth-order valence-electron chi connectivity index (χ4n) is 0.778. The fourth-order valence-corrected chi connectivity index (χ4v) is 1.24. The van der Waals surface area contributed by atoms with Crippen LogP contribution in [0.2, 0.25) is 0 Å². The third-order valence-electron chi connectivity index (χ3n) is 1.29. The maximum atomic E-state index is 11.8. The molecule has 0 bridgehead atoms. The van der Waals surface area contributed by atoms with Gasteiger partial charge in [0, 0.05) is 0 Å². The van der Waals surface area contributed by atoms with Crippen LogP contribution in [0.25, 0.3) is 0 Å². The predicted molar refractivity (Wildman–Crippen MR) is 45.5 cm³/mol. The Hall–Kier alpha value is -1.22. The number of alkyl halides is 3. The molecule has 0 radical (unpaired) electrons. The molecule has 6 heteroatoms. The first-order valence-corrected chi connectivity index (χ1v) is 4.17. The van der Waals surface area contributed by atoms with Crippen LogP contribution < -0.4 is 4.74 Å². The van der Waals surface area contributed by atoms with E-state index in [0.29, 0.717) is 0 Å². The number of rotatable bonds is 1. The molecule has 74 valence electrons. The Balaban J connectivity index is 2.97. The second-order valence-corrected chi connectivity index (χ2v) is 3.16. The third-order valence-corrected chi connectivity index (χ3v) is 1.91. The van der Waals surface area contributed by atoms with Crippen LogP contribution in [-0.4, -0.2) is 6.36 Å². The molecule has 1 aromatic rings. The second kappa shape index (κ2) is 3.88. The Morgan fingerprint density at radius 2 is 2.00 bits per heavy atom. The van der Waals surface area contributed by atoms with E-state index in [1.54, 1.807) is 6.07 Å². The summed E-state index contributed by atoms with van der Waals surface area (Å²) in [5, 5.41) is 8.45. The van der Waals surface area contributed by atoms with Crippen LogP contribution in [0.1, 0.15) is 5.56 Å². The minimum Gasteiger partial charge on any atom is -0.405 e. The highest BCUT2D eigenvalue weighted by Crippen LogP contribution is 2.30. The van der Waals surface area contributed by atoms with Crippen molar-refractivity contribution in [2.45, 2.75) is 6.36 Å². The van der Waals surface area contributed by atoms with Gasteiger partial charge in [-0.05, 0) is 34.1 Å². The van der Waals surface area contributed by atoms with E-state index in [1.165, 1.54) is 12.1 Å². The molecule has 0 aliphatic heterocycles. The highest BCUT2D eigenvalue weighted by Gasteiger charge is 2.31. The molecule has 1 aromatic carbocycles. The summed E-state index contributed by atoms with van der Waals surface area (Å²) >= 11 is 2.86. The van der Waals surface area contributed by atoms with Gasteiger partial charge in [-0.25, -0.2) is 0 Å². The number of ether oxygens (including phenoxy) is 1. The lowest BCUT2D eigenvalue weighted by Gasteiger charge is -2.09. The lowest BCUT2D eigenvalue weighted by molar-refractivity contribution is -0.274. The van der Waals surface area contributed by atoms with E-state index in [9.17, 15) is 13.2 Å². The molecule has 0 saturated carbocycles. The molecule has 0 unspecified atom stereocenters. The van der Waals surface area contributed by atoms with E-state index in [0.717, 1.165) is 6.07 Å². The number of halogens is 4. The van der Waals surface area contributed by atoms with E-state index in [2.05, 4.69) is 20.7 Å². The van der Waals surface area contributed by atoms with Crippen molar-refractivity contribution in [3.8, 4) is 11.8 Å². The summed E-state index contributed by atoms with van der Waals surface area (Å²) in [6, 6.07) is 5.36. The third kappa shape index (κ3) is 2.92. The van der Waals surface area contributed by atoms with Crippen LogP contribution in [0, 0.1) is 11.3 Å². The highest BCUT2D eigenvalue weighted by atomic mass is 79.9. The Labute approximate surface area is 86.0 Å². The molecule has 0 amide bonds. The molecular formula is C8H3BrF3NO. The van der Waals surface area contributed by atoms with Gasteiger partial charge in [-0.15, -0.1) is 13.2 Å². The first kappa shape index (κ1) is 10.9. The van der Waals surface area contributed by atoms with Crippen molar-refractivity contribution in [3.63, 3.8) is 0 Å². The minimum atomic E-state index is -4.73. The number of hydrogen-bond donors (Lipinski definition) is 0. The van der Waals surface area contributed by atoms with E-state index in [1.807, 2.05) is 0 Å². The van der Waals surface area contributed by atoms with Crippen LogP contribution in [0.5, 0.6) is 5.75 Å². The number of nitrogens with zero attached hydrogens (tertiary/aromatic N) is 1. The van der Waals surface area contributed by atoms with Gasteiger partial charge in [0.2, 0.25) is 0 Å². The average Bonchev–Trinajstić information content (AvgIpc) is 2.06. The summed E-state index contributed by atoms with van der Waals surface area (Å²) in [6.07, 6.45) is -4.73. The zero-order chi connectivity index (χ0) is 10.8. The SMILES string of the molecule is N#Cc1ccc(OC(F)(F)F)c(Br)c1. The summed E-state index contributed by atoms with van der Waals surface area (Å²) in [5.41, 5.74) is 0.256. The van der Waals surface area contributed by atoms with Crippen LogP contribution in [0.4, 0.5) is 13.2 Å². The van der Waals surface area contributed by atoms with Gasteiger partial charge < -0.3 is 4.74 Å². The van der Waals surface area contributed by atoms with Gasteiger partial charge in [-0.2, -0.15) is 5.26 Å². The highest BCUT2D eigenvalue weighted by molar-refractivity contribution is 9.10. The Morgan fingerprint density at radius 3 is 2.43 bits per heavy atom. The number of hydrogen-bond acceptors (Lipinski definition) is 2. The maximum Gasteiger partial charge on any atom is 0.573 e. The topological polar surface area (TPSA) is 33.0 Å². The first-order chi connectivity index (χ1) is 6.42. The van der Waals surface area contributed by atoms with Crippen LogP contribution in [0.15, 0.2) is 22.7 Å². The van der Waals surface area contributed by atoms with Gasteiger partial charge in [-0.1, -0.05) is 0 Å². The molecule has 0 spiro atoms. The number of benzene rings is 1. The standard InChI is InChI=1S/C8H3BrF3NO/c9-6-3-5(4-13)1-2-7(6)14-8(10,11)12/h1-3H. The zero-order valence-electron chi connectivity index (χ0n) is 6.60. The van der Waals surface area contributed by atoms with Gasteiger partial charge in [0.1, 0.15) is 5.75 Å². The smallest absolute Gasteiger partial charge is 0.405 e. The van der Waals surface area contributed by atoms with E-state index in [4.69, 9.17) is 5.26 Å². The Morgan fingerprint density at radius 1 is 1.36 bits per heavy atom. The van der Waals surface area contributed by atoms with Crippen molar-refractivity contribution < 1.29 is 17.9 Å². The number of nitriles is 1. The minimum absolute atomic E-state index is 0.0916. The predicted octanol–water partition coefficient (Wildman–Crippen LogP) is 3.22. The molecule has 0 saturated heterocycles. The van der Waals surface area contributed by atoms with E-state index < -0.39 is 6.36 Å². The molecule has 0 N–H and O–H groups in total. The quantitative estimate of drug-likeness (QED) is 0.781. The largest absolute Gasteiger partial charge is 0.573 e. The fraction of sp³-hybridized carbons (Fsp3) is 0.125. The Bertz CT molecular complexity index is 383. The van der Waals surface area contributed by atoms with Crippen molar-refractivity contribution in [1.82, 2.24) is 0 Å². The van der Waals surface area contributed by atoms with Crippen LogP contribution in [0.3, 0.4) is 0 Å². The van der Waals surface area contributed by atoms with E-state index in [-0.39, 0.29) is 15.8 Å². The lowest BCUT2D eigenvalue weighted by Crippen LogP contribution is -2.17. The summed E-state index contributed by atoms with van der Waals surface area (Å²) in [4.78, 5) is 0. The first-order valence-electron chi connectivity index (χ1n) is 3.38. The normalized spacial score (nSPS) is 10.8. The molecule has 0 fully saturated rings. The van der Waals surface area contributed by atoms with Crippen molar-refractivity contribution in [3.05, 3.63) is 28.2 Å². The molecule has 2 nitrogen and oxygen atoms in total. The van der Waals surface area contributed by atoms with Crippen molar-refractivity contribution >= 4 is 15.9 Å². The maximum absolute atomic E-state index is 11.8. The molecule has 0 aromatic heterocycles. The molecule has 0 aliphatic rings. The van der Waals surface area contributed by atoms with Crippen LogP contribution >= 0.6 is 15.9 Å². The van der Waals surface area contributed by atoms with Crippen LogP contribution in [-0.2, 0) is 0 Å². The second-order valence-electron chi connectivity index (χ2n) is 2.30. The molecule has 14 heavy (non-hydrogen) atoms. The van der Waals surface area contributed by atoms with Gasteiger partial charge in [0.25, 0.3) is 0 Å². The van der Waals surface area contributed by atoms with Crippen molar-refractivity contribution in [1.29, 1.82) is 5.26 Å². The summed E-state index contributed by atoms with van der Waals surface area (Å²) in [7, 11) is 0. The summed E-state index contributed by atoms with van der Waals surface area (Å²) in [6.45, 7) is 0. The van der Waals surface area contributed by atoms with Crippen molar-refractivity contribution in [2.75, 3.05) is 0 Å². The van der Waals surface area contributed by atoms with E-state index >= 15 is 0 Å². The van der Waals surface area contributed by atoms with Gasteiger partial charge >= 0.3 is 6.36 Å². The molecule has 1 rings (SSSR count).